The average molecular weight is 427 g/mol. The van der Waals surface area contributed by atoms with Gasteiger partial charge in [-0.15, -0.1) is 0 Å². The number of rotatable bonds is 4. The summed E-state index contributed by atoms with van der Waals surface area (Å²) in [6, 6.07) is 20.3. The van der Waals surface area contributed by atoms with Gasteiger partial charge in [0.25, 0.3) is 0 Å². The summed E-state index contributed by atoms with van der Waals surface area (Å²) in [6.07, 6.45) is 2.37. The number of hydrogen-bond donors (Lipinski definition) is 0. The van der Waals surface area contributed by atoms with Crippen molar-refractivity contribution in [2.45, 2.75) is 6.92 Å². The number of aldehydes is 3. The fourth-order valence-corrected chi connectivity index (χ4v) is 2.04. The largest absolute Gasteiger partial charge is 0.378 e. The zero-order valence-electron chi connectivity index (χ0n) is 18.1. The Hall–Kier alpha value is -3.67. The quantitative estimate of drug-likeness (QED) is 0.402. The number of carbonyl (C=O) groups is 3. The standard InChI is InChI=1S/C9H11NO.C8H8O.C7H5FO.CH3.FH/c1-10(2)9-5-3-8(7-11)4-6-9;1-7-2-4-8(6-9)5-3-7;8-7-3-1-6(5-9)2-4-7;;/h3-7H,1-2H3;2-6H,1H3;1-5H;1H3;1H/q;;;-1;/i;;8-1;;1-1. The van der Waals surface area contributed by atoms with E-state index in [-0.39, 0.29) is 17.9 Å². The van der Waals surface area contributed by atoms with E-state index in [0.29, 0.717) is 11.8 Å². The molecule has 31 heavy (non-hydrogen) atoms. The highest BCUT2D eigenvalue weighted by atomic mass is 18.2. The van der Waals surface area contributed by atoms with E-state index in [1.54, 1.807) is 0 Å². The summed E-state index contributed by atoms with van der Waals surface area (Å²) in [7, 11) is 3.94. The van der Waals surface area contributed by atoms with Crippen LogP contribution in [0.2, 0.25) is 0 Å². The van der Waals surface area contributed by atoms with E-state index in [1.165, 1.54) is 29.8 Å². The van der Waals surface area contributed by atoms with E-state index < -0.39 is 0 Å². The van der Waals surface area contributed by atoms with Gasteiger partial charge in [0.2, 0.25) is 0 Å². The SMILES string of the molecule is CN(C)c1ccc(C=O)cc1.Cc1ccc(C=O)cc1.O=Cc1ccc([18F])cc1.[18FH].[CH3-]. The molecule has 166 valence electrons. The minimum Gasteiger partial charge on any atom is -0.378 e. The van der Waals surface area contributed by atoms with Crippen molar-refractivity contribution in [2.75, 3.05) is 19.0 Å². The summed E-state index contributed by atoms with van der Waals surface area (Å²) in [5.41, 5.74) is 4.24. The summed E-state index contributed by atoms with van der Waals surface area (Å²) in [5.74, 6) is -0.319. The molecule has 0 spiro atoms. The highest BCUT2D eigenvalue weighted by molar-refractivity contribution is 5.76. The van der Waals surface area contributed by atoms with E-state index in [9.17, 15) is 18.8 Å². The lowest BCUT2D eigenvalue weighted by Crippen LogP contribution is -2.08. The summed E-state index contributed by atoms with van der Waals surface area (Å²) < 4.78 is 12.1. The molecule has 0 bridgehead atoms. The molecular weight excluding hydrogens is 398 g/mol. The third-order valence-electron chi connectivity index (χ3n) is 3.77. The average Bonchev–Trinajstić information content (AvgIpc) is 2.76. The first-order chi connectivity index (χ1) is 13.9. The Morgan fingerprint density at radius 3 is 1.29 bits per heavy atom. The second-order valence-corrected chi connectivity index (χ2v) is 6.30. The molecule has 6 heteroatoms. The van der Waals surface area contributed by atoms with Gasteiger partial charge in [0.1, 0.15) is 24.7 Å². The number of aryl methyl sites for hydroxylation is 1. The van der Waals surface area contributed by atoms with Crippen molar-refractivity contribution in [1.82, 2.24) is 0 Å². The van der Waals surface area contributed by atoms with E-state index in [4.69, 9.17) is 0 Å². The monoisotopic (exact) mass is 426 g/mol. The topological polar surface area (TPSA) is 54.5 Å². The maximum Gasteiger partial charge on any atom is 0.150 e. The van der Waals surface area contributed by atoms with Crippen LogP contribution < -0.4 is 4.90 Å². The maximum absolute atomic E-state index is 12.1. The third kappa shape index (κ3) is 11.8. The van der Waals surface area contributed by atoms with Crippen molar-refractivity contribution in [3.05, 3.63) is 108 Å². The zero-order valence-corrected chi connectivity index (χ0v) is 18.1. The molecule has 0 aromatic heterocycles. The van der Waals surface area contributed by atoms with Crippen LogP contribution in [0.3, 0.4) is 0 Å². The molecule has 0 aliphatic heterocycles. The first-order valence-electron chi connectivity index (χ1n) is 8.84. The van der Waals surface area contributed by atoms with Crippen LogP contribution in [-0.4, -0.2) is 33.0 Å². The van der Waals surface area contributed by atoms with E-state index in [0.717, 1.165) is 29.4 Å². The van der Waals surface area contributed by atoms with Gasteiger partial charge in [0.15, 0.2) is 0 Å². The number of halogens is 2. The lowest BCUT2D eigenvalue weighted by molar-refractivity contribution is 0.111. The Balaban J connectivity index is 0. The fourth-order valence-electron chi connectivity index (χ4n) is 2.04. The minimum atomic E-state index is -0.319. The summed E-state index contributed by atoms with van der Waals surface area (Å²) >= 11 is 0. The van der Waals surface area contributed by atoms with Gasteiger partial charge in [0.05, 0.1) is 0 Å². The molecule has 0 aliphatic carbocycles. The van der Waals surface area contributed by atoms with Gasteiger partial charge >= 0.3 is 0 Å². The molecule has 0 radical (unpaired) electrons. The Morgan fingerprint density at radius 2 is 0.968 bits per heavy atom. The van der Waals surface area contributed by atoms with Gasteiger partial charge in [-0.05, 0) is 55.5 Å². The Kier molecular flexibility index (Phi) is 15.4. The molecule has 0 fully saturated rings. The smallest absolute Gasteiger partial charge is 0.150 e. The van der Waals surface area contributed by atoms with Crippen LogP contribution in [0, 0.1) is 20.2 Å². The van der Waals surface area contributed by atoms with Crippen LogP contribution in [0.25, 0.3) is 0 Å². The lowest BCUT2D eigenvalue weighted by Gasteiger charge is -2.11. The molecule has 3 aromatic rings. The van der Waals surface area contributed by atoms with Crippen molar-refractivity contribution in [3.63, 3.8) is 0 Å². The number of benzene rings is 3. The van der Waals surface area contributed by atoms with E-state index >= 15 is 0 Å². The summed E-state index contributed by atoms with van der Waals surface area (Å²) in [6.45, 7) is 1.99. The van der Waals surface area contributed by atoms with E-state index in [2.05, 4.69) is 0 Å². The first kappa shape index (κ1) is 29.5. The molecule has 4 nitrogen and oxygen atoms in total. The first-order valence-corrected chi connectivity index (χ1v) is 8.84. The molecule has 0 amide bonds. The summed E-state index contributed by atoms with van der Waals surface area (Å²) in [5, 5.41) is 0. The zero-order chi connectivity index (χ0) is 21.6. The third-order valence-corrected chi connectivity index (χ3v) is 3.77. The van der Waals surface area contributed by atoms with Gasteiger partial charge in [0, 0.05) is 36.5 Å². The van der Waals surface area contributed by atoms with Crippen molar-refractivity contribution < 1.29 is 23.5 Å². The second kappa shape index (κ2) is 16.2. The summed E-state index contributed by atoms with van der Waals surface area (Å²) in [4.78, 5) is 32.4. The molecule has 0 heterocycles. The number of hydrogen-bond acceptors (Lipinski definition) is 4. The van der Waals surface area contributed by atoms with E-state index in [1.807, 2.05) is 74.4 Å². The Labute approximate surface area is 182 Å². The van der Waals surface area contributed by atoms with Crippen molar-refractivity contribution in [3.8, 4) is 0 Å². The van der Waals surface area contributed by atoms with Gasteiger partial charge in [-0.25, -0.2) is 4.39 Å². The van der Waals surface area contributed by atoms with Gasteiger partial charge in [-0.3, -0.25) is 19.1 Å². The minimum absolute atomic E-state index is 0. The maximum atomic E-state index is 12.1. The molecule has 3 aromatic carbocycles. The van der Waals surface area contributed by atoms with Gasteiger partial charge in [-0.1, -0.05) is 29.8 Å². The van der Waals surface area contributed by atoms with Crippen molar-refractivity contribution in [2.24, 2.45) is 0 Å². The molecule has 3 rings (SSSR count). The van der Waals surface area contributed by atoms with Crippen LogP contribution in [0.5, 0.6) is 0 Å². The Bertz CT molecular complexity index is 842. The van der Waals surface area contributed by atoms with Crippen LogP contribution in [0.1, 0.15) is 36.6 Å². The predicted molar refractivity (Wildman–Crippen MR) is 123 cm³/mol. The second-order valence-electron chi connectivity index (χ2n) is 6.30. The molecule has 0 aliphatic rings. The van der Waals surface area contributed by atoms with Gasteiger partial charge in [-0.2, -0.15) is 0 Å². The molecular formula is C25H28F2NO3-. The van der Waals surface area contributed by atoms with Crippen LogP contribution >= 0.6 is 0 Å². The van der Waals surface area contributed by atoms with Crippen LogP contribution in [0.15, 0.2) is 72.8 Å². The predicted octanol–water partition coefficient (Wildman–Crippen LogP) is 5.61. The molecule has 0 unspecified atom stereocenters. The normalized spacial score (nSPS) is 8.52. The number of anilines is 1. The fraction of sp³-hybridized carbons (Fsp3) is 0.120. The van der Waals surface area contributed by atoms with Crippen molar-refractivity contribution in [1.29, 1.82) is 0 Å². The molecule has 0 saturated heterocycles. The molecule has 0 N–H and O–H groups in total. The number of carbonyl (C=O) groups excluding carboxylic acids is 3. The highest BCUT2D eigenvalue weighted by Gasteiger charge is 1.93. The van der Waals surface area contributed by atoms with Crippen molar-refractivity contribution >= 4 is 24.5 Å². The lowest BCUT2D eigenvalue weighted by atomic mass is 10.2. The highest BCUT2D eigenvalue weighted by Crippen LogP contribution is 2.10. The molecule has 0 saturated carbocycles. The van der Waals surface area contributed by atoms with Gasteiger partial charge < -0.3 is 12.3 Å². The van der Waals surface area contributed by atoms with Crippen LogP contribution in [0.4, 0.5) is 14.8 Å². The van der Waals surface area contributed by atoms with Crippen LogP contribution in [-0.2, 0) is 0 Å². The Morgan fingerprint density at radius 1 is 0.645 bits per heavy atom. The molecule has 0 atom stereocenters. The number of nitrogens with zero attached hydrogens (tertiary/aromatic N) is 1.